The van der Waals surface area contributed by atoms with Gasteiger partial charge < -0.3 is 9.84 Å². The quantitative estimate of drug-likeness (QED) is 0.0501. The Balaban J connectivity index is 0.000000209. The average Bonchev–Trinajstić information content (AvgIpc) is 3.23. The van der Waals surface area contributed by atoms with Crippen LogP contribution in [0.4, 0.5) is 0 Å². The van der Waals surface area contributed by atoms with E-state index >= 15 is 0 Å². The van der Waals surface area contributed by atoms with Crippen molar-refractivity contribution in [1.82, 2.24) is 0 Å². The van der Waals surface area contributed by atoms with E-state index in [1.807, 2.05) is 18.2 Å². The molecule has 2 nitrogen and oxygen atoms in total. The van der Waals surface area contributed by atoms with Crippen LogP contribution < -0.4 is 26.6 Å². The molecule has 0 saturated heterocycles. The first-order chi connectivity index (χ1) is 26.6. The van der Waals surface area contributed by atoms with Crippen molar-refractivity contribution in [3.63, 3.8) is 0 Å². The van der Waals surface area contributed by atoms with Gasteiger partial charge in [0.2, 0.25) is 0 Å². The van der Waals surface area contributed by atoms with Crippen LogP contribution in [0.3, 0.4) is 0 Å². The molecule has 0 aliphatic heterocycles. The smallest absolute Gasteiger partial charge is 0.127 e. The van der Waals surface area contributed by atoms with E-state index in [4.69, 9.17) is 4.74 Å². The molecular formula is C50H57BIO2-. The summed E-state index contributed by atoms with van der Waals surface area (Å²) in [6.07, 6.45) is 12.4. The van der Waals surface area contributed by atoms with Gasteiger partial charge in [-0.25, -0.2) is 0 Å². The first-order valence-electron chi connectivity index (χ1n) is 20.2. The standard InChI is InChI=1S/C26H37IO2.C24H20B/c1-2-3-4-5-6-7-8-9-10-11-14-24(28)21-29-26-16-13-12-15-25(26)22-17-19-23(27)20-18-22;1-5-13-21(14-6-1)25(22-15-7-2-8-16-22,23-17-9-3-10-18-23)24-19-11-4-12-20-24/h12-13,15-20,24,28H,2-11,14,21H2,1H3;1-20H/q;-1. The minimum absolute atomic E-state index is 0.360. The summed E-state index contributed by atoms with van der Waals surface area (Å²) in [5, 5.41) is 10.3. The molecule has 1 atom stereocenters. The molecule has 0 aliphatic rings. The lowest BCUT2D eigenvalue weighted by Gasteiger charge is -2.44. The molecule has 0 heterocycles. The van der Waals surface area contributed by atoms with Gasteiger partial charge in [0.05, 0.1) is 6.10 Å². The van der Waals surface area contributed by atoms with Gasteiger partial charge in [-0.3, -0.25) is 0 Å². The third kappa shape index (κ3) is 11.9. The Hall–Kier alpha value is -4.13. The first-order valence-corrected chi connectivity index (χ1v) is 21.2. The molecule has 4 heteroatoms. The van der Waals surface area contributed by atoms with E-state index in [0.717, 1.165) is 29.7 Å². The molecule has 0 bridgehead atoms. The van der Waals surface area contributed by atoms with Crippen molar-refractivity contribution >= 4 is 50.6 Å². The molecule has 0 aromatic heterocycles. The molecule has 0 amide bonds. The van der Waals surface area contributed by atoms with Crippen LogP contribution >= 0.6 is 22.6 Å². The van der Waals surface area contributed by atoms with Crippen LogP contribution in [0.2, 0.25) is 0 Å². The number of benzene rings is 6. The number of aliphatic hydroxyl groups excluding tert-OH is 1. The summed E-state index contributed by atoms with van der Waals surface area (Å²) in [4.78, 5) is 0. The number of hydrogen-bond acceptors (Lipinski definition) is 2. The second kappa shape index (κ2) is 22.9. The number of rotatable bonds is 19. The van der Waals surface area contributed by atoms with Gasteiger partial charge in [-0.05, 0) is 52.8 Å². The fourth-order valence-electron chi connectivity index (χ4n) is 7.72. The predicted molar refractivity (Wildman–Crippen MR) is 243 cm³/mol. The summed E-state index contributed by atoms with van der Waals surface area (Å²) < 4.78 is 7.19. The van der Waals surface area contributed by atoms with E-state index < -0.39 is 12.2 Å². The normalized spacial score (nSPS) is 11.7. The largest absolute Gasteiger partial charge is 0.490 e. The Kier molecular flexibility index (Phi) is 17.4. The summed E-state index contributed by atoms with van der Waals surface area (Å²) in [6, 6.07) is 60.0. The van der Waals surface area contributed by atoms with Crippen molar-refractivity contribution in [2.24, 2.45) is 0 Å². The summed E-state index contributed by atoms with van der Waals surface area (Å²) >= 11 is 2.31. The number of aliphatic hydroxyl groups is 1. The Morgan fingerprint density at radius 1 is 0.481 bits per heavy atom. The molecule has 6 rings (SSSR count). The van der Waals surface area contributed by atoms with E-state index in [1.54, 1.807) is 0 Å². The second-order valence-corrected chi connectivity index (χ2v) is 15.7. The molecule has 6 aromatic carbocycles. The SMILES string of the molecule is CCCCCCCCCCCCC(O)COc1ccccc1-c1ccc(I)cc1.c1ccc([B-](c2ccccc2)(c2ccccc2)c2ccccc2)cc1. The Morgan fingerprint density at radius 3 is 1.31 bits per heavy atom. The highest BCUT2D eigenvalue weighted by Gasteiger charge is 2.31. The third-order valence-electron chi connectivity index (χ3n) is 10.6. The van der Waals surface area contributed by atoms with Crippen LogP contribution in [0, 0.1) is 3.57 Å². The van der Waals surface area contributed by atoms with Gasteiger partial charge in [-0.2, -0.15) is 21.9 Å². The van der Waals surface area contributed by atoms with Crippen LogP contribution in [-0.4, -0.2) is 24.0 Å². The molecule has 0 fully saturated rings. The Bertz CT molecular complexity index is 1700. The van der Waals surface area contributed by atoms with Gasteiger partial charge in [0.1, 0.15) is 18.5 Å². The molecule has 1 unspecified atom stereocenters. The van der Waals surface area contributed by atoms with Crippen LogP contribution in [0.25, 0.3) is 11.1 Å². The van der Waals surface area contributed by atoms with Gasteiger partial charge in [0.15, 0.2) is 0 Å². The minimum atomic E-state index is -1.22. The topological polar surface area (TPSA) is 29.5 Å². The zero-order chi connectivity index (χ0) is 37.7. The van der Waals surface area contributed by atoms with E-state index in [2.05, 4.69) is 181 Å². The van der Waals surface area contributed by atoms with Crippen molar-refractivity contribution < 1.29 is 9.84 Å². The summed E-state index contributed by atoms with van der Waals surface area (Å²) in [7, 11) is 0. The third-order valence-corrected chi connectivity index (χ3v) is 11.3. The molecule has 1 N–H and O–H groups in total. The van der Waals surface area contributed by atoms with Crippen LogP contribution in [0.15, 0.2) is 170 Å². The van der Waals surface area contributed by atoms with Gasteiger partial charge in [-0.15, -0.1) is 0 Å². The highest BCUT2D eigenvalue weighted by molar-refractivity contribution is 14.1. The average molecular weight is 828 g/mol. The van der Waals surface area contributed by atoms with Gasteiger partial charge in [0.25, 0.3) is 0 Å². The summed E-state index contributed by atoms with van der Waals surface area (Å²) in [6.45, 7) is 2.63. The maximum absolute atomic E-state index is 10.3. The number of para-hydroxylation sites is 1. The minimum Gasteiger partial charge on any atom is -0.490 e. The molecule has 0 spiro atoms. The number of ether oxygens (including phenoxy) is 1. The van der Waals surface area contributed by atoms with E-state index in [0.29, 0.717) is 6.61 Å². The number of halogens is 1. The lowest BCUT2D eigenvalue weighted by atomic mass is 9.13. The van der Waals surface area contributed by atoms with Crippen molar-refractivity contribution in [2.45, 2.75) is 83.7 Å². The van der Waals surface area contributed by atoms with Crippen LogP contribution in [-0.2, 0) is 0 Å². The van der Waals surface area contributed by atoms with Crippen molar-refractivity contribution in [3.05, 3.63) is 173 Å². The zero-order valence-electron chi connectivity index (χ0n) is 32.0. The van der Waals surface area contributed by atoms with E-state index in [9.17, 15) is 5.11 Å². The lowest BCUT2D eigenvalue weighted by molar-refractivity contribution is 0.0977. The van der Waals surface area contributed by atoms with Gasteiger partial charge in [-0.1, -0.05) is 223 Å². The Labute approximate surface area is 339 Å². The number of unbranched alkanes of at least 4 members (excludes halogenated alkanes) is 9. The van der Waals surface area contributed by atoms with Gasteiger partial charge >= 0.3 is 0 Å². The molecule has 0 radical (unpaired) electrons. The van der Waals surface area contributed by atoms with Crippen LogP contribution in [0.5, 0.6) is 5.75 Å². The molecule has 0 aliphatic carbocycles. The zero-order valence-corrected chi connectivity index (χ0v) is 34.2. The Morgan fingerprint density at radius 2 is 0.870 bits per heavy atom. The molecular weight excluding hydrogens is 770 g/mol. The summed E-state index contributed by atoms with van der Waals surface area (Å²) in [5.41, 5.74) is 7.58. The molecule has 54 heavy (non-hydrogen) atoms. The highest BCUT2D eigenvalue weighted by Crippen LogP contribution is 2.30. The predicted octanol–water partition coefficient (Wildman–Crippen LogP) is 11.1. The van der Waals surface area contributed by atoms with Gasteiger partial charge in [0, 0.05) is 9.13 Å². The lowest BCUT2D eigenvalue weighted by Crippen LogP contribution is -2.74. The fraction of sp³-hybridized carbons (Fsp3) is 0.280. The van der Waals surface area contributed by atoms with E-state index in [-0.39, 0.29) is 0 Å². The van der Waals surface area contributed by atoms with Crippen molar-refractivity contribution in [1.29, 1.82) is 0 Å². The molecule has 6 aromatic rings. The summed E-state index contributed by atoms with van der Waals surface area (Å²) in [5.74, 6) is 0.843. The fourth-order valence-corrected chi connectivity index (χ4v) is 8.08. The second-order valence-electron chi connectivity index (χ2n) is 14.4. The first kappa shape index (κ1) is 41.0. The van der Waals surface area contributed by atoms with Crippen molar-refractivity contribution in [3.8, 4) is 16.9 Å². The van der Waals surface area contributed by atoms with E-state index in [1.165, 1.54) is 83.2 Å². The molecule has 280 valence electrons. The maximum Gasteiger partial charge on any atom is 0.127 e. The van der Waals surface area contributed by atoms with Crippen LogP contribution in [0.1, 0.15) is 77.6 Å². The molecule has 0 saturated carbocycles. The van der Waals surface area contributed by atoms with Crippen molar-refractivity contribution in [2.75, 3.05) is 6.61 Å². The highest BCUT2D eigenvalue weighted by atomic mass is 127. The maximum atomic E-state index is 10.3. The number of hydrogen-bond donors (Lipinski definition) is 1. The monoisotopic (exact) mass is 827 g/mol.